The van der Waals surface area contributed by atoms with Crippen LogP contribution in [-0.2, 0) is 11.8 Å². The van der Waals surface area contributed by atoms with Crippen LogP contribution in [0.25, 0.3) is 0 Å². The Hall–Kier alpha value is -1.29. The molecule has 1 aliphatic rings. The molecule has 4 nitrogen and oxygen atoms in total. The summed E-state index contributed by atoms with van der Waals surface area (Å²) in [4.78, 5) is 11.2. The predicted molar refractivity (Wildman–Crippen MR) is 53.8 cm³/mol. The molecule has 2 heterocycles. The van der Waals surface area contributed by atoms with Gasteiger partial charge in [0, 0.05) is 25.5 Å². The number of hydrogen-bond donors (Lipinski definition) is 2. The highest BCUT2D eigenvalue weighted by Crippen LogP contribution is 2.15. The molecule has 0 saturated carbocycles. The zero-order valence-electron chi connectivity index (χ0n) is 8.45. The average molecular weight is 193 g/mol. The molecule has 1 saturated heterocycles. The number of carbonyl (C=O) groups is 1. The largest absolute Gasteiger partial charge is 0.353 e. The van der Waals surface area contributed by atoms with Crippen LogP contribution in [-0.4, -0.2) is 23.1 Å². The minimum atomic E-state index is -0.108. The Morgan fingerprint density at radius 3 is 2.93 bits per heavy atom. The van der Waals surface area contributed by atoms with Crippen LogP contribution in [0.2, 0.25) is 0 Å². The van der Waals surface area contributed by atoms with E-state index in [1.807, 2.05) is 26.2 Å². The van der Waals surface area contributed by atoms with Gasteiger partial charge in [-0.15, -0.1) is 0 Å². The van der Waals surface area contributed by atoms with Gasteiger partial charge >= 0.3 is 0 Å². The third-order valence-electron chi connectivity index (χ3n) is 2.67. The first-order valence-corrected chi connectivity index (χ1v) is 4.83. The highest BCUT2D eigenvalue weighted by atomic mass is 16.2. The van der Waals surface area contributed by atoms with E-state index in [0.29, 0.717) is 6.54 Å². The molecule has 2 rings (SSSR count). The quantitative estimate of drug-likeness (QED) is 0.668. The molecular formula is C10H15N3O. The summed E-state index contributed by atoms with van der Waals surface area (Å²) in [6.45, 7) is 2.55. The van der Waals surface area contributed by atoms with Gasteiger partial charge in [0.15, 0.2) is 0 Å². The Bertz CT molecular complexity index is 345. The zero-order valence-corrected chi connectivity index (χ0v) is 8.45. The van der Waals surface area contributed by atoms with E-state index in [4.69, 9.17) is 0 Å². The lowest BCUT2D eigenvalue weighted by Crippen LogP contribution is -2.53. The molecular weight excluding hydrogens is 178 g/mol. The second kappa shape index (κ2) is 3.46. The number of amides is 1. The Morgan fingerprint density at radius 2 is 2.36 bits per heavy atom. The lowest BCUT2D eigenvalue weighted by Gasteiger charge is -2.29. The van der Waals surface area contributed by atoms with Gasteiger partial charge in [0.05, 0.1) is 12.1 Å². The molecule has 1 aliphatic heterocycles. The summed E-state index contributed by atoms with van der Waals surface area (Å²) >= 11 is 0. The van der Waals surface area contributed by atoms with Gasteiger partial charge in [-0.2, -0.15) is 0 Å². The fourth-order valence-corrected chi connectivity index (χ4v) is 1.82. The van der Waals surface area contributed by atoms with Crippen molar-refractivity contribution in [2.45, 2.75) is 19.0 Å². The fraction of sp³-hybridized carbons (Fsp3) is 0.500. The number of piperazine rings is 1. The van der Waals surface area contributed by atoms with E-state index in [-0.39, 0.29) is 18.0 Å². The van der Waals surface area contributed by atoms with Crippen LogP contribution < -0.4 is 10.6 Å². The van der Waals surface area contributed by atoms with E-state index in [2.05, 4.69) is 21.3 Å². The summed E-state index contributed by atoms with van der Waals surface area (Å²) in [5, 5.41) is 6.16. The van der Waals surface area contributed by atoms with Gasteiger partial charge in [0.25, 0.3) is 0 Å². The van der Waals surface area contributed by atoms with Crippen LogP contribution in [0.1, 0.15) is 18.7 Å². The van der Waals surface area contributed by atoms with Crippen molar-refractivity contribution in [3.05, 3.63) is 24.0 Å². The predicted octanol–water partition coefficient (Wildman–Crippen LogP) is 0.174. The van der Waals surface area contributed by atoms with E-state index in [9.17, 15) is 4.79 Å². The van der Waals surface area contributed by atoms with Crippen LogP contribution in [0.4, 0.5) is 0 Å². The zero-order chi connectivity index (χ0) is 10.1. The van der Waals surface area contributed by atoms with Gasteiger partial charge < -0.3 is 9.88 Å². The van der Waals surface area contributed by atoms with Crippen molar-refractivity contribution >= 4 is 5.91 Å². The average Bonchev–Trinajstić information content (AvgIpc) is 2.57. The molecule has 0 spiro atoms. The van der Waals surface area contributed by atoms with Gasteiger partial charge in [-0.05, 0) is 19.1 Å². The van der Waals surface area contributed by atoms with Crippen LogP contribution in [0.3, 0.4) is 0 Å². The molecule has 14 heavy (non-hydrogen) atoms. The molecule has 0 bridgehead atoms. The molecule has 1 unspecified atom stereocenters. The lowest BCUT2D eigenvalue weighted by atomic mass is 10.1. The van der Waals surface area contributed by atoms with Crippen LogP contribution >= 0.6 is 0 Å². The van der Waals surface area contributed by atoms with Crippen molar-refractivity contribution in [1.29, 1.82) is 0 Å². The number of aryl methyl sites for hydroxylation is 1. The first kappa shape index (κ1) is 9.27. The summed E-state index contributed by atoms with van der Waals surface area (Å²) in [5.74, 6) is 0.0791. The molecule has 1 aromatic heterocycles. The van der Waals surface area contributed by atoms with Crippen molar-refractivity contribution < 1.29 is 4.79 Å². The van der Waals surface area contributed by atoms with E-state index in [1.165, 1.54) is 5.69 Å². The van der Waals surface area contributed by atoms with Gasteiger partial charge in [0.2, 0.25) is 5.91 Å². The Balaban J connectivity index is 2.14. The molecule has 0 aromatic carbocycles. The number of aromatic nitrogens is 1. The van der Waals surface area contributed by atoms with Crippen molar-refractivity contribution in [1.82, 2.24) is 15.2 Å². The molecule has 1 aromatic rings. The van der Waals surface area contributed by atoms with E-state index < -0.39 is 0 Å². The third kappa shape index (κ3) is 1.53. The van der Waals surface area contributed by atoms with E-state index >= 15 is 0 Å². The second-order valence-electron chi connectivity index (χ2n) is 3.73. The first-order chi connectivity index (χ1) is 6.68. The summed E-state index contributed by atoms with van der Waals surface area (Å²) < 4.78 is 2.07. The molecule has 4 heteroatoms. The van der Waals surface area contributed by atoms with Crippen LogP contribution in [0, 0.1) is 0 Å². The Labute approximate surface area is 83.3 Å². The Kier molecular flexibility index (Phi) is 2.29. The second-order valence-corrected chi connectivity index (χ2v) is 3.73. The first-order valence-electron chi connectivity index (χ1n) is 4.83. The molecule has 1 fully saturated rings. The Morgan fingerprint density at radius 1 is 1.57 bits per heavy atom. The number of rotatable bonds is 1. The van der Waals surface area contributed by atoms with Crippen molar-refractivity contribution in [2.75, 3.05) is 6.54 Å². The molecule has 1 amide bonds. The van der Waals surface area contributed by atoms with Crippen molar-refractivity contribution in [3.8, 4) is 0 Å². The minimum absolute atomic E-state index is 0.0791. The summed E-state index contributed by atoms with van der Waals surface area (Å²) in [6.07, 6.45) is 2.01. The normalized spacial score (nSPS) is 27.4. The maximum atomic E-state index is 11.2. The van der Waals surface area contributed by atoms with Gasteiger partial charge in [-0.3, -0.25) is 10.1 Å². The van der Waals surface area contributed by atoms with E-state index in [0.717, 1.165) is 0 Å². The van der Waals surface area contributed by atoms with Gasteiger partial charge in [0.1, 0.15) is 0 Å². The van der Waals surface area contributed by atoms with Gasteiger partial charge in [-0.25, -0.2) is 0 Å². The monoisotopic (exact) mass is 193 g/mol. The minimum Gasteiger partial charge on any atom is -0.353 e. The molecule has 2 N–H and O–H groups in total. The molecule has 2 atom stereocenters. The summed E-state index contributed by atoms with van der Waals surface area (Å²) in [6, 6.07) is 4.20. The summed E-state index contributed by atoms with van der Waals surface area (Å²) in [5.41, 5.74) is 1.21. The smallest absolute Gasteiger partial charge is 0.236 e. The van der Waals surface area contributed by atoms with Crippen LogP contribution in [0.5, 0.6) is 0 Å². The fourth-order valence-electron chi connectivity index (χ4n) is 1.82. The standard InChI is InChI=1S/C10H15N3O/c1-7-10(14)11-6-8(12-7)9-4-3-5-13(9)2/h3-5,7-8,12H,6H2,1-2H3,(H,11,14)/t7-,8?/m0/s1. The number of hydrogen-bond acceptors (Lipinski definition) is 2. The summed E-state index contributed by atoms with van der Waals surface area (Å²) in [7, 11) is 2.01. The highest BCUT2D eigenvalue weighted by molar-refractivity contribution is 5.82. The molecule has 0 radical (unpaired) electrons. The number of nitrogens with zero attached hydrogens (tertiary/aromatic N) is 1. The SMILES string of the molecule is C[C@@H]1NC(c2cccn2C)CNC1=O. The highest BCUT2D eigenvalue weighted by Gasteiger charge is 2.25. The number of carbonyl (C=O) groups excluding carboxylic acids is 1. The molecule has 0 aliphatic carbocycles. The third-order valence-corrected chi connectivity index (χ3v) is 2.67. The lowest BCUT2D eigenvalue weighted by molar-refractivity contribution is -0.124. The maximum absolute atomic E-state index is 11.2. The van der Waals surface area contributed by atoms with E-state index in [1.54, 1.807) is 0 Å². The van der Waals surface area contributed by atoms with Crippen molar-refractivity contribution in [3.63, 3.8) is 0 Å². The topological polar surface area (TPSA) is 46.1 Å². The number of nitrogens with one attached hydrogen (secondary N) is 2. The van der Waals surface area contributed by atoms with Gasteiger partial charge in [-0.1, -0.05) is 0 Å². The molecule has 76 valence electrons. The maximum Gasteiger partial charge on any atom is 0.236 e. The van der Waals surface area contributed by atoms with Crippen LogP contribution in [0.15, 0.2) is 18.3 Å². The van der Waals surface area contributed by atoms with Crippen molar-refractivity contribution in [2.24, 2.45) is 7.05 Å².